The van der Waals surface area contributed by atoms with Crippen molar-refractivity contribution < 1.29 is 37.7 Å². The van der Waals surface area contributed by atoms with Gasteiger partial charge in [-0.1, -0.05) is 78.9 Å². The molecule has 0 spiro atoms. The Balaban J connectivity index is 1.43. The van der Waals surface area contributed by atoms with E-state index in [1.54, 1.807) is 24.3 Å². The Labute approximate surface area is 223 Å². The number of amides is 2. The first-order chi connectivity index (χ1) is 18.7. The molecule has 2 amide bonds. The third kappa shape index (κ3) is 6.58. The Morgan fingerprint density at radius 2 is 1.49 bits per heavy atom. The summed E-state index contributed by atoms with van der Waals surface area (Å²) in [7, 11) is 0. The number of carboxylic acids is 1. The Hall–Kier alpha value is -4.31. The van der Waals surface area contributed by atoms with Crippen molar-refractivity contribution in [3.05, 3.63) is 95.6 Å². The van der Waals surface area contributed by atoms with Crippen molar-refractivity contribution in [1.82, 2.24) is 10.6 Å². The van der Waals surface area contributed by atoms with E-state index in [1.165, 1.54) is 6.92 Å². The van der Waals surface area contributed by atoms with Crippen LogP contribution in [-0.4, -0.2) is 54.3 Å². The van der Waals surface area contributed by atoms with Crippen LogP contribution in [0.2, 0.25) is 0 Å². The first-order valence-electron chi connectivity index (χ1n) is 12.3. The summed E-state index contributed by atoms with van der Waals surface area (Å²) < 4.78 is 38.4. The summed E-state index contributed by atoms with van der Waals surface area (Å²) in [6.07, 6.45) is -1.92. The molecule has 1 aliphatic carbocycles. The summed E-state index contributed by atoms with van der Waals surface area (Å²) in [5.41, 5.74) is 4.87. The fourth-order valence-electron chi connectivity index (χ4n) is 4.44. The first kappa shape index (κ1) is 27.7. The number of carbonyl (C=O) groups is 3. The Morgan fingerprint density at radius 1 is 0.923 bits per heavy atom. The summed E-state index contributed by atoms with van der Waals surface area (Å²) in [5.74, 6) is -7.82. The monoisotopic (exact) mass is 538 g/mol. The molecule has 0 bridgehead atoms. The predicted molar refractivity (Wildman–Crippen MR) is 138 cm³/mol. The molecule has 0 saturated carbocycles. The van der Waals surface area contributed by atoms with E-state index in [0.717, 1.165) is 27.8 Å². The standard InChI is InChI=1S/C29H28F2N2O6/c1-18(38-15-19-9-3-2-4-10-19)25(26(34)32-17-29(30,31)27(35)36)33-28(37)39-16-24-22-13-7-5-11-20(22)21-12-6-8-14-23(21)24/h2-14,18,24-25H,15-17H2,1H3,(H,32,34)(H,33,37)(H,35,36). The van der Waals surface area contributed by atoms with Gasteiger partial charge in [0.25, 0.3) is 0 Å². The highest BCUT2D eigenvalue weighted by Gasteiger charge is 2.40. The number of rotatable bonds is 11. The van der Waals surface area contributed by atoms with E-state index in [9.17, 15) is 23.2 Å². The number of carboxylic acid groups (broad SMARTS) is 1. The number of halogens is 2. The largest absolute Gasteiger partial charge is 0.477 e. The molecule has 3 aromatic carbocycles. The average molecular weight is 539 g/mol. The number of nitrogens with one attached hydrogen (secondary N) is 2. The highest BCUT2D eigenvalue weighted by Crippen LogP contribution is 2.44. The third-order valence-corrected chi connectivity index (χ3v) is 6.52. The molecule has 0 fully saturated rings. The number of aliphatic carboxylic acids is 1. The molecule has 0 aromatic heterocycles. The maximum Gasteiger partial charge on any atom is 0.407 e. The fourth-order valence-corrected chi connectivity index (χ4v) is 4.44. The van der Waals surface area contributed by atoms with Gasteiger partial charge in [-0.3, -0.25) is 4.79 Å². The average Bonchev–Trinajstić information content (AvgIpc) is 3.26. The summed E-state index contributed by atoms with van der Waals surface area (Å²) in [5, 5.41) is 12.9. The van der Waals surface area contributed by atoms with Crippen LogP contribution in [0.15, 0.2) is 78.9 Å². The molecule has 0 aliphatic heterocycles. The number of hydrogen-bond acceptors (Lipinski definition) is 5. The van der Waals surface area contributed by atoms with Crippen LogP contribution in [0.5, 0.6) is 0 Å². The van der Waals surface area contributed by atoms with Crippen molar-refractivity contribution in [3.63, 3.8) is 0 Å². The number of alkyl carbamates (subject to hydrolysis) is 1. The molecule has 0 radical (unpaired) electrons. The molecule has 39 heavy (non-hydrogen) atoms. The van der Waals surface area contributed by atoms with Gasteiger partial charge in [0.2, 0.25) is 5.91 Å². The zero-order chi connectivity index (χ0) is 28.0. The lowest BCUT2D eigenvalue weighted by atomic mass is 9.98. The van der Waals surface area contributed by atoms with E-state index in [-0.39, 0.29) is 19.1 Å². The Morgan fingerprint density at radius 3 is 2.08 bits per heavy atom. The summed E-state index contributed by atoms with van der Waals surface area (Å²) in [4.78, 5) is 36.4. The van der Waals surface area contributed by atoms with Crippen LogP contribution >= 0.6 is 0 Å². The van der Waals surface area contributed by atoms with Gasteiger partial charge in [0.1, 0.15) is 12.6 Å². The van der Waals surface area contributed by atoms with E-state index in [4.69, 9.17) is 14.6 Å². The minimum absolute atomic E-state index is 0.0233. The van der Waals surface area contributed by atoms with Crippen molar-refractivity contribution in [2.24, 2.45) is 0 Å². The van der Waals surface area contributed by atoms with Crippen molar-refractivity contribution in [2.75, 3.05) is 13.2 Å². The maximum atomic E-state index is 13.6. The molecule has 1 aliphatic rings. The third-order valence-electron chi connectivity index (χ3n) is 6.52. The second-order valence-corrected chi connectivity index (χ2v) is 9.18. The molecule has 8 nitrogen and oxygen atoms in total. The molecule has 3 aromatic rings. The van der Waals surface area contributed by atoms with Crippen LogP contribution in [0, 0.1) is 0 Å². The van der Waals surface area contributed by atoms with Crippen LogP contribution in [-0.2, 0) is 25.7 Å². The van der Waals surface area contributed by atoms with E-state index < -0.39 is 42.6 Å². The molecule has 4 rings (SSSR count). The second kappa shape index (κ2) is 12.0. The number of hydrogen-bond donors (Lipinski definition) is 3. The minimum Gasteiger partial charge on any atom is -0.477 e. The van der Waals surface area contributed by atoms with Crippen molar-refractivity contribution in [2.45, 2.75) is 37.5 Å². The van der Waals surface area contributed by atoms with Crippen molar-refractivity contribution >= 4 is 18.0 Å². The zero-order valence-electron chi connectivity index (χ0n) is 21.1. The quantitative estimate of drug-likeness (QED) is 0.335. The van der Waals surface area contributed by atoms with Gasteiger partial charge in [-0.05, 0) is 34.7 Å². The van der Waals surface area contributed by atoms with Gasteiger partial charge in [0, 0.05) is 5.92 Å². The predicted octanol–water partition coefficient (Wildman–Crippen LogP) is 4.34. The lowest BCUT2D eigenvalue weighted by Crippen LogP contribution is -2.55. The molecule has 0 heterocycles. The van der Waals surface area contributed by atoms with Crippen molar-refractivity contribution in [3.8, 4) is 11.1 Å². The molecule has 0 saturated heterocycles. The topological polar surface area (TPSA) is 114 Å². The molecule has 10 heteroatoms. The normalized spacial score (nSPS) is 14.0. The molecule has 2 atom stereocenters. The van der Waals surface area contributed by atoms with E-state index in [1.807, 2.05) is 59.9 Å². The molecule has 3 N–H and O–H groups in total. The maximum absolute atomic E-state index is 13.6. The van der Waals surface area contributed by atoms with E-state index in [0.29, 0.717) is 0 Å². The zero-order valence-corrected chi connectivity index (χ0v) is 21.1. The van der Waals surface area contributed by atoms with Crippen LogP contribution in [0.25, 0.3) is 11.1 Å². The molecular weight excluding hydrogens is 510 g/mol. The van der Waals surface area contributed by atoms with Gasteiger partial charge in [0.15, 0.2) is 0 Å². The van der Waals surface area contributed by atoms with Gasteiger partial charge < -0.3 is 25.2 Å². The lowest BCUT2D eigenvalue weighted by Gasteiger charge is -2.25. The summed E-state index contributed by atoms with van der Waals surface area (Å²) in [6, 6.07) is 23.2. The van der Waals surface area contributed by atoms with E-state index in [2.05, 4.69) is 5.32 Å². The number of benzene rings is 3. The smallest absolute Gasteiger partial charge is 0.407 e. The number of ether oxygens (including phenoxy) is 2. The molecular formula is C29H28F2N2O6. The van der Waals surface area contributed by atoms with Gasteiger partial charge in [-0.2, -0.15) is 8.78 Å². The minimum atomic E-state index is -4.18. The SMILES string of the molecule is CC(OCc1ccccc1)C(NC(=O)OCC1c2ccccc2-c2ccccc21)C(=O)NCC(F)(F)C(=O)O. The molecule has 204 valence electrons. The highest BCUT2D eigenvalue weighted by atomic mass is 19.3. The summed E-state index contributed by atoms with van der Waals surface area (Å²) >= 11 is 0. The summed E-state index contributed by atoms with van der Waals surface area (Å²) in [6.45, 7) is 0.107. The first-order valence-corrected chi connectivity index (χ1v) is 12.3. The number of alkyl halides is 2. The van der Waals surface area contributed by atoms with Gasteiger partial charge in [0.05, 0.1) is 19.3 Å². The lowest BCUT2D eigenvalue weighted by molar-refractivity contribution is -0.164. The number of carbonyl (C=O) groups excluding carboxylic acids is 2. The second-order valence-electron chi connectivity index (χ2n) is 9.18. The van der Waals surface area contributed by atoms with Crippen LogP contribution in [0.4, 0.5) is 13.6 Å². The van der Waals surface area contributed by atoms with Crippen LogP contribution < -0.4 is 10.6 Å². The highest BCUT2D eigenvalue weighted by molar-refractivity contribution is 5.87. The molecule has 2 unspecified atom stereocenters. The van der Waals surface area contributed by atoms with Gasteiger partial charge in [-0.25, -0.2) is 9.59 Å². The van der Waals surface area contributed by atoms with Crippen LogP contribution in [0.1, 0.15) is 29.5 Å². The Bertz CT molecular complexity index is 1290. The van der Waals surface area contributed by atoms with Gasteiger partial charge >= 0.3 is 18.0 Å². The Kier molecular flexibility index (Phi) is 8.55. The fraction of sp³-hybridized carbons (Fsp3) is 0.276. The van der Waals surface area contributed by atoms with Crippen molar-refractivity contribution in [1.29, 1.82) is 0 Å². The van der Waals surface area contributed by atoms with Crippen LogP contribution in [0.3, 0.4) is 0 Å². The van der Waals surface area contributed by atoms with E-state index >= 15 is 0 Å². The van der Waals surface area contributed by atoms with Gasteiger partial charge in [-0.15, -0.1) is 0 Å². The number of fused-ring (bicyclic) bond motifs is 3.